The lowest BCUT2D eigenvalue weighted by Crippen LogP contribution is -2.41. The van der Waals surface area contributed by atoms with E-state index in [-0.39, 0.29) is 11.3 Å². The number of likely N-dealkylation sites (tertiary alicyclic amines) is 1. The van der Waals surface area contributed by atoms with Crippen molar-refractivity contribution in [3.05, 3.63) is 34.9 Å². The van der Waals surface area contributed by atoms with Gasteiger partial charge >= 0.3 is 0 Å². The maximum Gasteiger partial charge on any atom is 0.274 e. The summed E-state index contributed by atoms with van der Waals surface area (Å²) in [6.45, 7) is 3.14. The number of hydroxylamine groups is 1. The van der Waals surface area contributed by atoms with Gasteiger partial charge in [-0.3, -0.25) is 14.8 Å². The molecule has 2 N–H and O–H groups in total. The molecule has 128 valence electrons. The van der Waals surface area contributed by atoms with Gasteiger partial charge in [0.15, 0.2) is 0 Å². The van der Waals surface area contributed by atoms with E-state index >= 15 is 0 Å². The van der Waals surface area contributed by atoms with E-state index in [0.29, 0.717) is 17.9 Å². The van der Waals surface area contributed by atoms with Gasteiger partial charge < -0.3 is 9.64 Å². The predicted molar refractivity (Wildman–Crippen MR) is 85.7 cm³/mol. The molecule has 0 radical (unpaired) electrons. The highest BCUT2D eigenvalue weighted by Gasteiger charge is 2.45. The minimum absolute atomic E-state index is 0.0109. The highest BCUT2D eigenvalue weighted by atomic mass is 16.5. The Morgan fingerprint density at radius 2 is 2.17 bits per heavy atom. The van der Waals surface area contributed by atoms with Crippen molar-refractivity contribution >= 4 is 11.8 Å². The topological polar surface area (TPSA) is 78.9 Å². The van der Waals surface area contributed by atoms with Crippen molar-refractivity contribution in [3.63, 3.8) is 0 Å². The molecule has 2 amide bonds. The largest absolute Gasteiger partial charge is 0.381 e. The van der Waals surface area contributed by atoms with Crippen LogP contribution in [0.15, 0.2) is 18.2 Å². The molecule has 2 heterocycles. The van der Waals surface area contributed by atoms with Crippen molar-refractivity contribution < 1.29 is 19.5 Å². The molecule has 6 nitrogen and oxygen atoms in total. The van der Waals surface area contributed by atoms with Crippen LogP contribution in [0.3, 0.4) is 0 Å². The number of nitrogens with zero attached hydrogens (tertiary/aromatic N) is 1. The van der Waals surface area contributed by atoms with Crippen molar-refractivity contribution in [1.29, 1.82) is 0 Å². The molecule has 3 aliphatic rings. The number of amides is 2. The van der Waals surface area contributed by atoms with Gasteiger partial charge in [0, 0.05) is 36.4 Å². The maximum atomic E-state index is 12.4. The Kier molecular flexibility index (Phi) is 3.81. The van der Waals surface area contributed by atoms with Gasteiger partial charge in [-0.25, -0.2) is 5.48 Å². The van der Waals surface area contributed by atoms with Crippen LogP contribution >= 0.6 is 0 Å². The first-order chi connectivity index (χ1) is 11.6. The summed E-state index contributed by atoms with van der Waals surface area (Å²) in [5, 5.41) is 8.82. The summed E-state index contributed by atoms with van der Waals surface area (Å²) in [6.07, 6.45) is 3.35. The molecule has 1 aromatic rings. The number of benzene rings is 1. The molecular formula is C18H22N2O4. The van der Waals surface area contributed by atoms with Crippen LogP contribution in [0.2, 0.25) is 0 Å². The summed E-state index contributed by atoms with van der Waals surface area (Å²) in [4.78, 5) is 26.1. The number of aryl methyl sites for hydroxylation is 1. The van der Waals surface area contributed by atoms with E-state index in [1.54, 1.807) is 11.5 Å². The van der Waals surface area contributed by atoms with Crippen molar-refractivity contribution in [2.75, 3.05) is 26.3 Å². The number of rotatable bonds is 3. The zero-order chi connectivity index (χ0) is 16.7. The average Bonchev–Trinajstić information content (AvgIpc) is 2.84. The fourth-order valence-electron chi connectivity index (χ4n) is 4.27. The third kappa shape index (κ3) is 2.70. The van der Waals surface area contributed by atoms with E-state index in [1.807, 2.05) is 17.0 Å². The molecule has 6 heteroatoms. The van der Waals surface area contributed by atoms with Crippen LogP contribution in [0.1, 0.15) is 34.3 Å². The van der Waals surface area contributed by atoms with Crippen LogP contribution in [0.5, 0.6) is 0 Å². The Labute approximate surface area is 140 Å². The van der Waals surface area contributed by atoms with Crippen LogP contribution in [0.4, 0.5) is 0 Å². The summed E-state index contributed by atoms with van der Waals surface area (Å²) >= 11 is 0. The zero-order valence-electron chi connectivity index (χ0n) is 13.6. The molecule has 1 atom stereocenters. The van der Waals surface area contributed by atoms with Crippen LogP contribution in [-0.2, 0) is 22.4 Å². The molecule has 2 aliphatic heterocycles. The summed E-state index contributed by atoms with van der Waals surface area (Å²) < 4.78 is 5.21. The fraction of sp³-hybridized carbons (Fsp3) is 0.556. The smallest absolute Gasteiger partial charge is 0.274 e. The Bertz CT molecular complexity index is 686. The lowest BCUT2D eigenvalue weighted by atomic mass is 9.70. The molecule has 1 spiro atoms. The molecule has 1 aromatic carbocycles. The van der Waals surface area contributed by atoms with Gasteiger partial charge in [0.2, 0.25) is 5.91 Å². The summed E-state index contributed by atoms with van der Waals surface area (Å²) in [6, 6.07) is 5.56. The van der Waals surface area contributed by atoms with E-state index < -0.39 is 5.91 Å². The molecule has 4 rings (SSSR count). The van der Waals surface area contributed by atoms with Gasteiger partial charge in [-0.05, 0) is 42.5 Å². The summed E-state index contributed by atoms with van der Waals surface area (Å²) in [5.41, 5.74) is 4.51. The summed E-state index contributed by atoms with van der Waals surface area (Å²) in [5.74, 6) is 0.237. The van der Waals surface area contributed by atoms with Gasteiger partial charge in [0.1, 0.15) is 0 Å². The maximum absolute atomic E-state index is 12.4. The predicted octanol–water partition coefficient (Wildman–Crippen LogP) is 1.16. The first-order valence-electron chi connectivity index (χ1n) is 8.50. The molecule has 0 saturated carbocycles. The second kappa shape index (κ2) is 5.86. The Hall–Kier alpha value is -1.92. The van der Waals surface area contributed by atoms with Crippen molar-refractivity contribution in [1.82, 2.24) is 10.4 Å². The molecule has 0 aromatic heterocycles. The lowest BCUT2D eigenvalue weighted by Gasteiger charge is -2.35. The Balaban J connectivity index is 1.52. The van der Waals surface area contributed by atoms with Crippen LogP contribution in [0, 0.1) is 11.3 Å². The number of carbonyl (C=O) groups excluding carboxylic acids is 2. The summed E-state index contributed by atoms with van der Waals surface area (Å²) in [7, 11) is 0. The SMILES string of the molecule is O=C(NO)c1ccc2c(c1)CC1(CC2)CC(=O)N(CC2COC2)C1. The van der Waals surface area contributed by atoms with Crippen LogP contribution in [0.25, 0.3) is 0 Å². The second-order valence-electron chi connectivity index (χ2n) is 7.46. The number of carbonyl (C=O) groups is 2. The van der Waals surface area contributed by atoms with E-state index in [2.05, 4.69) is 0 Å². The first-order valence-corrected chi connectivity index (χ1v) is 8.50. The number of ether oxygens (including phenoxy) is 1. The standard InChI is InChI=1S/C18H22N2O4/c21-16-7-18(11-20(16)8-12-9-24-10-12)4-3-13-1-2-14(17(22)19-23)5-15(13)6-18/h1-2,5,12,23H,3-4,6-11H2,(H,19,22). The first kappa shape index (κ1) is 15.6. The molecular weight excluding hydrogens is 308 g/mol. The van der Waals surface area contributed by atoms with Gasteiger partial charge in [0.05, 0.1) is 13.2 Å². The van der Waals surface area contributed by atoms with Gasteiger partial charge in [-0.15, -0.1) is 0 Å². The number of nitrogens with one attached hydrogen (secondary N) is 1. The third-order valence-corrected chi connectivity index (χ3v) is 5.65. The van der Waals surface area contributed by atoms with E-state index in [4.69, 9.17) is 9.94 Å². The number of hydrogen-bond acceptors (Lipinski definition) is 4. The Morgan fingerprint density at radius 1 is 1.33 bits per heavy atom. The number of fused-ring (bicyclic) bond motifs is 1. The van der Waals surface area contributed by atoms with E-state index in [1.165, 1.54) is 5.56 Å². The van der Waals surface area contributed by atoms with Gasteiger partial charge in [-0.2, -0.15) is 0 Å². The minimum Gasteiger partial charge on any atom is -0.381 e. The highest BCUT2D eigenvalue weighted by Crippen LogP contribution is 2.43. The molecule has 1 unspecified atom stereocenters. The molecule has 2 saturated heterocycles. The molecule has 24 heavy (non-hydrogen) atoms. The lowest BCUT2D eigenvalue weighted by molar-refractivity contribution is -0.130. The van der Waals surface area contributed by atoms with Crippen molar-refractivity contribution in [3.8, 4) is 0 Å². The van der Waals surface area contributed by atoms with Crippen LogP contribution in [-0.4, -0.2) is 48.2 Å². The molecule has 1 aliphatic carbocycles. The highest BCUT2D eigenvalue weighted by molar-refractivity contribution is 5.93. The fourth-order valence-corrected chi connectivity index (χ4v) is 4.27. The average molecular weight is 330 g/mol. The van der Waals surface area contributed by atoms with Gasteiger partial charge in [-0.1, -0.05) is 6.07 Å². The minimum atomic E-state index is -0.494. The normalized spacial score (nSPS) is 26.4. The zero-order valence-corrected chi connectivity index (χ0v) is 13.6. The van der Waals surface area contributed by atoms with Crippen molar-refractivity contribution in [2.24, 2.45) is 11.3 Å². The third-order valence-electron chi connectivity index (χ3n) is 5.65. The number of hydrogen-bond donors (Lipinski definition) is 2. The monoisotopic (exact) mass is 330 g/mol. The van der Waals surface area contributed by atoms with E-state index in [0.717, 1.165) is 51.1 Å². The van der Waals surface area contributed by atoms with E-state index in [9.17, 15) is 9.59 Å². The second-order valence-corrected chi connectivity index (χ2v) is 7.46. The Morgan fingerprint density at radius 3 is 2.88 bits per heavy atom. The quantitative estimate of drug-likeness (QED) is 0.644. The van der Waals surface area contributed by atoms with Crippen LogP contribution < -0.4 is 5.48 Å². The molecule has 2 fully saturated rings. The molecule has 0 bridgehead atoms. The van der Waals surface area contributed by atoms with Gasteiger partial charge in [0.25, 0.3) is 5.91 Å². The van der Waals surface area contributed by atoms with Crippen molar-refractivity contribution in [2.45, 2.75) is 25.7 Å².